The van der Waals surface area contributed by atoms with E-state index < -0.39 is 24.1 Å². The molecule has 0 aliphatic rings. The highest BCUT2D eigenvalue weighted by atomic mass is 35.5. The molecule has 0 aromatic heterocycles. The number of carbonyl (C=O) groups is 2. The maximum atomic E-state index is 12.4. The largest absolute Gasteiger partial charge is 0.495 e. The van der Waals surface area contributed by atoms with Crippen molar-refractivity contribution in [3.8, 4) is 17.6 Å². The SMILES string of the molecule is COc1cc(Cl)c(C)cc1NC(=O)[C@@H](C)OC(=O)[C@@H](C)Oc1ccc(C#N)cc1. The van der Waals surface area contributed by atoms with Crippen LogP contribution in [0.15, 0.2) is 36.4 Å². The fourth-order valence-corrected chi connectivity index (χ4v) is 2.50. The second-order valence-corrected chi connectivity index (χ2v) is 6.67. The van der Waals surface area contributed by atoms with Gasteiger partial charge in [0.05, 0.1) is 24.4 Å². The first-order valence-corrected chi connectivity index (χ1v) is 9.15. The van der Waals surface area contributed by atoms with E-state index in [1.165, 1.54) is 21.0 Å². The molecular formula is C21H21ClN2O5. The van der Waals surface area contributed by atoms with Gasteiger partial charge in [-0.1, -0.05) is 11.6 Å². The summed E-state index contributed by atoms with van der Waals surface area (Å²) in [7, 11) is 1.46. The molecule has 152 valence electrons. The molecule has 0 unspecified atom stereocenters. The molecule has 0 aliphatic carbocycles. The molecule has 2 rings (SSSR count). The van der Waals surface area contributed by atoms with Gasteiger partial charge in [-0.3, -0.25) is 4.79 Å². The van der Waals surface area contributed by atoms with Gasteiger partial charge in [0.1, 0.15) is 11.5 Å². The lowest BCUT2D eigenvalue weighted by Crippen LogP contribution is -2.35. The van der Waals surface area contributed by atoms with Crippen LogP contribution in [0.4, 0.5) is 5.69 Å². The third-order valence-corrected chi connectivity index (χ3v) is 4.44. The van der Waals surface area contributed by atoms with Gasteiger partial charge in [-0.2, -0.15) is 5.26 Å². The molecule has 1 amide bonds. The number of anilines is 1. The van der Waals surface area contributed by atoms with E-state index in [1.54, 1.807) is 43.3 Å². The van der Waals surface area contributed by atoms with Crippen molar-refractivity contribution in [3.63, 3.8) is 0 Å². The maximum absolute atomic E-state index is 12.4. The van der Waals surface area contributed by atoms with Crippen LogP contribution in [0.3, 0.4) is 0 Å². The number of aryl methyl sites for hydroxylation is 1. The van der Waals surface area contributed by atoms with Gasteiger partial charge >= 0.3 is 5.97 Å². The predicted octanol–water partition coefficient (Wildman–Crippen LogP) is 3.87. The third kappa shape index (κ3) is 5.87. The molecule has 1 N–H and O–H groups in total. The second kappa shape index (κ2) is 9.80. The van der Waals surface area contributed by atoms with Gasteiger partial charge < -0.3 is 19.5 Å². The summed E-state index contributed by atoms with van der Waals surface area (Å²) in [6.45, 7) is 4.76. The highest BCUT2D eigenvalue weighted by molar-refractivity contribution is 6.31. The minimum atomic E-state index is -1.06. The van der Waals surface area contributed by atoms with Crippen LogP contribution in [-0.4, -0.2) is 31.2 Å². The zero-order chi connectivity index (χ0) is 21.6. The molecule has 0 aliphatic heterocycles. The number of halogens is 1. The zero-order valence-corrected chi connectivity index (χ0v) is 17.2. The molecule has 0 radical (unpaired) electrons. The van der Waals surface area contributed by atoms with Gasteiger partial charge in [0, 0.05) is 11.1 Å². The lowest BCUT2D eigenvalue weighted by Gasteiger charge is -2.19. The lowest BCUT2D eigenvalue weighted by molar-refractivity contribution is -0.159. The Bertz CT molecular complexity index is 937. The van der Waals surface area contributed by atoms with Crippen molar-refractivity contribution in [2.75, 3.05) is 12.4 Å². The molecule has 29 heavy (non-hydrogen) atoms. The minimum absolute atomic E-state index is 0.394. The summed E-state index contributed by atoms with van der Waals surface area (Å²) in [6, 6.07) is 11.6. The van der Waals surface area contributed by atoms with Crippen LogP contribution in [0.5, 0.6) is 11.5 Å². The fraction of sp³-hybridized carbons (Fsp3) is 0.286. The number of benzene rings is 2. The van der Waals surface area contributed by atoms with E-state index in [9.17, 15) is 9.59 Å². The number of carbonyl (C=O) groups excluding carboxylic acids is 2. The summed E-state index contributed by atoms with van der Waals surface area (Å²) >= 11 is 6.06. The number of nitrogens with zero attached hydrogens (tertiary/aromatic N) is 1. The molecule has 0 heterocycles. The van der Waals surface area contributed by atoms with Crippen LogP contribution in [0.1, 0.15) is 25.0 Å². The van der Waals surface area contributed by atoms with Crippen LogP contribution in [0, 0.1) is 18.3 Å². The number of esters is 1. The van der Waals surface area contributed by atoms with Gasteiger partial charge in [-0.05, 0) is 56.7 Å². The molecule has 0 saturated heterocycles. The summed E-state index contributed by atoms with van der Waals surface area (Å²) in [4.78, 5) is 24.7. The molecule has 0 bridgehead atoms. The van der Waals surface area contributed by atoms with Crippen LogP contribution in [0.2, 0.25) is 5.02 Å². The van der Waals surface area contributed by atoms with E-state index >= 15 is 0 Å². The van der Waals surface area contributed by atoms with Gasteiger partial charge in [0.15, 0.2) is 12.2 Å². The van der Waals surface area contributed by atoms with Crippen molar-refractivity contribution in [1.82, 2.24) is 0 Å². The summed E-state index contributed by atoms with van der Waals surface area (Å²) in [5, 5.41) is 12.0. The zero-order valence-electron chi connectivity index (χ0n) is 16.5. The van der Waals surface area contributed by atoms with Crippen LogP contribution in [-0.2, 0) is 14.3 Å². The monoisotopic (exact) mass is 416 g/mol. The van der Waals surface area contributed by atoms with Gasteiger partial charge in [-0.25, -0.2) is 4.79 Å². The Balaban J connectivity index is 1.97. The minimum Gasteiger partial charge on any atom is -0.495 e. The molecule has 2 atom stereocenters. The Morgan fingerprint density at radius 2 is 1.79 bits per heavy atom. The average molecular weight is 417 g/mol. The first-order valence-electron chi connectivity index (χ1n) is 8.77. The molecule has 7 nitrogen and oxygen atoms in total. The van der Waals surface area contributed by atoms with E-state index in [-0.39, 0.29) is 0 Å². The predicted molar refractivity (Wildman–Crippen MR) is 108 cm³/mol. The fourth-order valence-electron chi connectivity index (χ4n) is 2.35. The van der Waals surface area contributed by atoms with Crippen molar-refractivity contribution in [2.45, 2.75) is 33.0 Å². The highest BCUT2D eigenvalue weighted by Gasteiger charge is 2.24. The number of amides is 1. The normalized spacial score (nSPS) is 12.3. The Hall–Kier alpha value is -3.24. The number of hydrogen-bond acceptors (Lipinski definition) is 6. The standard InChI is InChI=1S/C21H21ClN2O5/c1-12-9-18(19(27-4)10-17(12)22)24-20(25)13(2)29-21(26)14(3)28-16-7-5-15(11-23)6-8-16/h5-10,13-14H,1-4H3,(H,24,25)/t13-,14-/m1/s1. The Morgan fingerprint density at radius 1 is 1.14 bits per heavy atom. The average Bonchev–Trinajstić information content (AvgIpc) is 2.70. The van der Waals surface area contributed by atoms with Gasteiger partial charge in [0.25, 0.3) is 5.91 Å². The number of ether oxygens (including phenoxy) is 3. The lowest BCUT2D eigenvalue weighted by atomic mass is 10.2. The van der Waals surface area contributed by atoms with E-state index in [4.69, 9.17) is 31.1 Å². The van der Waals surface area contributed by atoms with Crippen molar-refractivity contribution in [3.05, 3.63) is 52.5 Å². The summed E-state index contributed by atoms with van der Waals surface area (Å²) in [5.41, 5.74) is 1.66. The highest BCUT2D eigenvalue weighted by Crippen LogP contribution is 2.31. The molecule has 8 heteroatoms. The number of rotatable bonds is 7. The topological polar surface area (TPSA) is 97.7 Å². The maximum Gasteiger partial charge on any atom is 0.347 e. The Labute approximate surface area is 174 Å². The van der Waals surface area contributed by atoms with Gasteiger partial charge in [0.2, 0.25) is 0 Å². The number of methoxy groups -OCH3 is 1. The molecule has 2 aromatic carbocycles. The molecular weight excluding hydrogens is 396 g/mol. The van der Waals surface area contributed by atoms with Crippen molar-refractivity contribution in [1.29, 1.82) is 5.26 Å². The van der Waals surface area contributed by atoms with Crippen molar-refractivity contribution >= 4 is 29.2 Å². The molecule has 0 fully saturated rings. The third-order valence-electron chi connectivity index (χ3n) is 4.03. The van der Waals surface area contributed by atoms with Crippen LogP contribution >= 0.6 is 11.6 Å². The van der Waals surface area contributed by atoms with E-state index in [2.05, 4.69) is 5.32 Å². The summed E-state index contributed by atoms with van der Waals surface area (Å²) < 4.78 is 15.9. The van der Waals surface area contributed by atoms with Crippen LogP contribution < -0.4 is 14.8 Å². The Morgan fingerprint density at radius 3 is 2.38 bits per heavy atom. The van der Waals surface area contributed by atoms with Crippen LogP contribution in [0.25, 0.3) is 0 Å². The number of nitriles is 1. The first kappa shape index (κ1) is 22.1. The summed E-state index contributed by atoms with van der Waals surface area (Å²) in [5.74, 6) is -0.419. The van der Waals surface area contributed by atoms with Crippen molar-refractivity contribution < 1.29 is 23.8 Å². The number of nitrogens with one attached hydrogen (secondary N) is 1. The first-order chi connectivity index (χ1) is 13.7. The molecule has 2 aromatic rings. The number of hydrogen-bond donors (Lipinski definition) is 1. The smallest absolute Gasteiger partial charge is 0.347 e. The summed E-state index contributed by atoms with van der Waals surface area (Å²) in [6.07, 6.45) is -2.00. The van der Waals surface area contributed by atoms with E-state index in [0.29, 0.717) is 27.8 Å². The molecule has 0 saturated carbocycles. The van der Waals surface area contributed by atoms with Crippen molar-refractivity contribution in [2.24, 2.45) is 0 Å². The molecule has 0 spiro atoms. The van der Waals surface area contributed by atoms with E-state index in [1.807, 2.05) is 6.07 Å². The second-order valence-electron chi connectivity index (χ2n) is 6.27. The Kier molecular flexibility index (Phi) is 7.46. The quantitative estimate of drug-likeness (QED) is 0.688. The van der Waals surface area contributed by atoms with E-state index in [0.717, 1.165) is 5.56 Å². The van der Waals surface area contributed by atoms with Gasteiger partial charge in [-0.15, -0.1) is 0 Å².